The standard InChI is InChI=1S/C24H22N2O5/c1-16-14-26(23(29)25-21(16)27)20-12-13-24(2,31-20)15-30-22(28)19-10-8-18(9-11-19)17-6-4-3-5-7-17/h3-14,20H,15H2,1-2H3,(H,25,27,29). The summed E-state index contributed by atoms with van der Waals surface area (Å²) in [7, 11) is 0. The van der Waals surface area contributed by atoms with Gasteiger partial charge in [-0.2, -0.15) is 0 Å². The van der Waals surface area contributed by atoms with Crippen LogP contribution in [0.3, 0.4) is 0 Å². The minimum absolute atomic E-state index is 0.0175. The van der Waals surface area contributed by atoms with Gasteiger partial charge in [0.25, 0.3) is 5.56 Å². The number of ether oxygens (including phenoxy) is 2. The van der Waals surface area contributed by atoms with E-state index in [1.165, 1.54) is 10.8 Å². The topological polar surface area (TPSA) is 90.4 Å². The number of nitrogens with zero attached hydrogens (tertiary/aromatic N) is 1. The Morgan fingerprint density at radius 2 is 1.77 bits per heavy atom. The number of aryl methyl sites for hydroxylation is 1. The van der Waals surface area contributed by atoms with Crippen LogP contribution >= 0.6 is 0 Å². The lowest BCUT2D eigenvalue weighted by atomic mass is 10.0. The van der Waals surface area contributed by atoms with E-state index in [1.54, 1.807) is 38.1 Å². The third kappa shape index (κ3) is 4.41. The molecule has 0 fully saturated rings. The molecule has 0 spiro atoms. The number of carbonyl (C=O) groups excluding carboxylic acids is 1. The molecular formula is C24H22N2O5. The van der Waals surface area contributed by atoms with Crippen molar-refractivity contribution in [2.24, 2.45) is 0 Å². The van der Waals surface area contributed by atoms with Gasteiger partial charge in [-0.3, -0.25) is 14.3 Å². The van der Waals surface area contributed by atoms with Crippen molar-refractivity contribution in [3.8, 4) is 11.1 Å². The molecule has 7 heteroatoms. The van der Waals surface area contributed by atoms with E-state index in [4.69, 9.17) is 9.47 Å². The first-order valence-corrected chi connectivity index (χ1v) is 9.86. The summed E-state index contributed by atoms with van der Waals surface area (Å²) in [5, 5.41) is 0. The smallest absolute Gasteiger partial charge is 0.338 e. The summed E-state index contributed by atoms with van der Waals surface area (Å²) in [6.07, 6.45) is 4.19. The van der Waals surface area contributed by atoms with E-state index in [1.807, 2.05) is 42.5 Å². The number of rotatable bonds is 5. The molecule has 2 unspecified atom stereocenters. The van der Waals surface area contributed by atoms with Gasteiger partial charge in [-0.15, -0.1) is 0 Å². The molecule has 1 aliphatic rings. The quantitative estimate of drug-likeness (QED) is 0.508. The molecule has 0 radical (unpaired) electrons. The van der Waals surface area contributed by atoms with Gasteiger partial charge in [0.2, 0.25) is 0 Å². The van der Waals surface area contributed by atoms with Gasteiger partial charge >= 0.3 is 11.7 Å². The van der Waals surface area contributed by atoms with Crippen molar-refractivity contribution in [3.05, 3.63) is 105 Å². The minimum atomic E-state index is -0.895. The molecule has 2 aromatic carbocycles. The highest BCUT2D eigenvalue weighted by Gasteiger charge is 2.34. The molecule has 7 nitrogen and oxygen atoms in total. The van der Waals surface area contributed by atoms with E-state index >= 15 is 0 Å². The lowest BCUT2D eigenvalue weighted by Crippen LogP contribution is -2.36. The number of carbonyl (C=O) groups is 1. The lowest BCUT2D eigenvalue weighted by molar-refractivity contribution is -0.0783. The highest BCUT2D eigenvalue weighted by molar-refractivity contribution is 5.90. The SMILES string of the molecule is Cc1cn(C2C=CC(C)(COC(=O)c3ccc(-c4ccccc4)cc3)O2)c(=O)[nH]c1=O. The predicted molar refractivity (Wildman–Crippen MR) is 116 cm³/mol. The molecule has 2 heterocycles. The molecule has 0 aliphatic carbocycles. The van der Waals surface area contributed by atoms with Gasteiger partial charge in [0.15, 0.2) is 6.23 Å². The van der Waals surface area contributed by atoms with Crippen molar-refractivity contribution in [2.45, 2.75) is 25.7 Å². The second-order valence-electron chi connectivity index (χ2n) is 7.68. The molecule has 1 aliphatic heterocycles. The Hall–Kier alpha value is -3.71. The zero-order valence-corrected chi connectivity index (χ0v) is 17.2. The minimum Gasteiger partial charge on any atom is -0.459 e. The molecule has 158 valence electrons. The van der Waals surface area contributed by atoms with Gasteiger partial charge in [-0.25, -0.2) is 9.59 Å². The summed E-state index contributed by atoms with van der Waals surface area (Å²) in [4.78, 5) is 38.4. The van der Waals surface area contributed by atoms with Crippen LogP contribution in [0.5, 0.6) is 0 Å². The Bertz CT molecular complexity index is 1240. The number of hydrogen-bond acceptors (Lipinski definition) is 5. The van der Waals surface area contributed by atoms with Gasteiger partial charge in [0.1, 0.15) is 12.2 Å². The molecule has 4 rings (SSSR count). The van der Waals surface area contributed by atoms with Crippen LogP contribution in [-0.4, -0.2) is 27.7 Å². The number of aromatic amines is 1. The van der Waals surface area contributed by atoms with Crippen LogP contribution in [0.15, 0.2) is 82.5 Å². The largest absolute Gasteiger partial charge is 0.459 e. The predicted octanol–water partition coefficient (Wildman–Crippen LogP) is 3.21. The Balaban J connectivity index is 1.40. The van der Waals surface area contributed by atoms with Gasteiger partial charge in [0.05, 0.1) is 5.56 Å². The first-order valence-electron chi connectivity index (χ1n) is 9.86. The van der Waals surface area contributed by atoms with Gasteiger partial charge in [-0.1, -0.05) is 42.5 Å². The van der Waals surface area contributed by atoms with E-state index in [9.17, 15) is 14.4 Å². The summed E-state index contributed by atoms with van der Waals surface area (Å²) in [6, 6.07) is 17.1. The van der Waals surface area contributed by atoms with Crippen molar-refractivity contribution >= 4 is 5.97 Å². The number of aromatic nitrogens is 2. The number of nitrogens with one attached hydrogen (secondary N) is 1. The highest BCUT2D eigenvalue weighted by Crippen LogP contribution is 2.29. The fraction of sp³-hybridized carbons (Fsp3) is 0.208. The van der Waals surface area contributed by atoms with Crippen molar-refractivity contribution in [2.75, 3.05) is 6.61 Å². The molecule has 1 N–H and O–H groups in total. The maximum Gasteiger partial charge on any atom is 0.338 e. The molecule has 0 amide bonds. The average molecular weight is 418 g/mol. The zero-order valence-electron chi connectivity index (χ0n) is 17.2. The van der Waals surface area contributed by atoms with Crippen LogP contribution in [-0.2, 0) is 9.47 Å². The zero-order chi connectivity index (χ0) is 22.0. The van der Waals surface area contributed by atoms with E-state index in [0.29, 0.717) is 11.1 Å². The average Bonchev–Trinajstić information content (AvgIpc) is 3.17. The molecule has 2 atom stereocenters. The van der Waals surface area contributed by atoms with Crippen molar-refractivity contribution in [3.63, 3.8) is 0 Å². The maximum absolute atomic E-state index is 12.5. The first-order chi connectivity index (χ1) is 14.8. The number of esters is 1. The van der Waals surface area contributed by atoms with Gasteiger partial charge in [-0.05, 0) is 49.3 Å². The summed E-state index contributed by atoms with van der Waals surface area (Å²) in [6.45, 7) is 3.35. The molecule has 0 saturated heterocycles. The van der Waals surface area contributed by atoms with Crippen molar-refractivity contribution in [1.82, 2.24) is 9.55 Å². The fourth-order valence-electron chi connectivity index (χ4n) is 3.37. The number of H-pyrrole nitrogens is 1. The maximum atomic E-state index is 12.5. The van der Waals surface area contributed by atoms with Crippen LogP contribution < -0.4 is 11.2 Å². The van der Waals surface area contributed by atoms with E-state index in [2.05, 4.69) is 4.98 Å². The second kappa shape index (κ2) is 8.20. The van der Waals surface area contributed by atoms with Crippen molar-refractivity contribution < 1.29 is 14.3 Å². The van der Waals surface area contributed by atoms with Crippen molar-refractivity contribution in [1.29, 1.82) is 0 Å². The summed E-state index contributed by atoms with van der Waals surface area (Å²) >= 11 is 0. The fourth-order valence-corrected chi connectivity index (χ4v) is 3.37. The van der Waals surface area contributed by atoms with E-state index in [-0.39, 0.29) is 6.61 Å². The van der Waals surface area contributed by atoms with E-state index in [0.717, 1.165) is 11.1 Å². The van der Waals surface area contributed by atoms with Crippen LogP contribution in [0.25, 0.3) is 11.1 Å². The van der Waals surface area contributed by atoms with Crippen LogP contribution in [0.2, 0.25) is 0 Å². The number of benzene rings is 2. The molecule has 3 aromatic rings. The third-order valence-corrected chi connectivity index (χ3v) is 5.14. The first kappa shape index (κ1) is 20.6. The van der Waals surface area contributed by atoms with Crippen LogP contribution in [0.1, 0.15) is 29.1 Å². The Morgan fingerprint density at radius 3 is 2.48 bits per heavy atom. The Kier molecular flexibility index (Phi) is 5.44. The highest BCUT2D eigenvalue weighted by atomic mass is 16.6. The van der Waals surface area contributed by atoms with Crippen LogP contribution in [0, 0.1) is 6.92 Å². The third-order valence-electron chi connectivity index (χ3n) is 5.14. The summed E-state index contributed by atoms with van der Waals surface area (Å²) in [5.74, 6) is -0.460. The lowest BCUT2D eigenvalue weighted by Gasteiger charge is -2.25. The Labute approximate surface area is 178 Å². The second-order valence-corrected chi connectivity index (χ2v) is 7.68. The number of hydrogen-bond donors (Lipinski definition) is 1. The Morgan fingerprint density at radius 1 is 1.10 bits per heavy atom. The molecule has 0 saturated carbocycles. The summed E-state index contributed by atoms with van der Waals surface area (Å²) in [5.41, 5.74) is 1.02. The van der Waals surface area contributed by atoms with Gasteiger partial charge in [0, 0.05) is 11.8 Å². The monoisotopic (exact) mass is 418 g/mol. The van der Waals surface area contributed by atoms with E-state index < -0.39 is 29.0 Å². The molecule has 1 aromatic heterocycles. The molecule has 31 heavy (non-hydrogen) atoms. The normalized spacial score (nSPS) is 20.0. The summed E-state index contributed by atoms with van der Waals surface area (Å²) < 4.78 is 12.7. The van der Waals surface area contributed by atoms with Gasteiger partial charge < -0.3 is 9.47 Å². The molecule has 0 bridgehead atoms. The van der Waals surface area contributed by atoms with Crippen LogP contribution in [0.4, 0.5) is 0 Å². The molecular weight excluding hydrogens is 396 g/mol.